The average molecular weight is 274 g/mol. The van der Waals surface area contributed by atoms with Crippen molar-refractivity contribution in [2.45, 2.75) is 36.8 Å². The van der Waals surface area contributed by atoms with Crippen LogP contribution in [-0.4, -0.2) is 37.3 Å². The molecule has 0 bridgehead atoms. The molecule has 1 saturated heterocycles. The Hall–Kier alpha value is -0.890. The minimum atomic E-state index is -3.56. The van der Waals surface area contributed by atoms with Crippen LogP contribution in [0, 0.1) is 0 Å². The highest BCUT2D eigenvalue weighted by Gasteiger charge is 2.32. The molecule has 1 aliphatic rings. The maximum absolute atomic E-state index is 12.2. The molecule has 0 aromatic carbocycles. The molecule has 1 fully saturated rings. The smallest absolute Gasteiger partial charge is 0.242 e. The van der Waals surface area contributed by atoms with Gasteiger partial charge in [-0.3, -0.25) is 0 Å². The second kappa shape index (κ2) is 5.00. The van der Waals surface area contributed by atoms with Crippen LogP contribution in [0.15, 0.2) is 17.2 Å². The van der Waals surface area contributed by atoms with E-state index in [1.807, 2.05) is 6.92 Å². The van der Waals surface area contributed by atoms with Crippen molar-refractivity contribution in [3.8, 4) is 0 Å². The zero-order chi connectivity index (χ0) is 13.2. The van der Waals surface area contributed by atoms with E-state index in [2.05, 4.69) is 9.71 Å². The Balaban J connectivity index is 2.16. The minimum Gasteiger partial charge on any atom is -0.390 e. The van der Waals surface area contributed by atoms with E-state index in [1.54, 1.807) is 0 Å². The third kappa shape index (κ3) is 2.92. The lowest BCUT2D eigenvalue weighted by Gasteiger charge is -2.33. The van der Waals surface area contributed by atoms with E-state index >= 15 is 0 Å². The number of aliphatic hydroxyl groups excluding tert-OH is 1. The van der Waals surface area contributed by atoms with E-state index in [-0.39, 0.29) is 11.5 Å². The van der Waals surface area contributed by atoms with Crippen LogP contribution in [0.1, 0.15) is 25.5 Å². The van der Waals surface area contributed by atoms with Gasteiger partial charge in [-0.05, 0) is 25.8 Å². The minimum absolute atomic E-state index is 0.152. The maximum atomic E-state index is 12.2. The molecule has 0 radical (unpaired) electrons. The Morgan fingerprint density at radius 2 is 2.17 bits per heavy atom. The van der Waals surface area contributed by atoms with Gasteiger partial charge < -0.3 is 14.8 Å². The van der Waals surface area contributed by atoms with Crippen LogP contribution in [0.5, 0.6) is 0 Å². The molecule has 1 aliphatic heterocycles. The van der Waals surface area contributed by atoms with Gasteiger partial charge >= 0.3 is 0 Å². The van der Waals surface area contributed by atoms with Gasteiger partial charge in [0.2, 0.25) is 10.0 Å². The first-order valence-corrected chi connectivity index (χ1v) is 7.33. The zero-order valence-electron chi connectivity index (χ0n) is 10.3. The highest BCUT2D eigenvalue weighted by molar-refractivity contribution is 7.89. The van der Waals surface area contributed by atoms with Crippen molar-refractivity contribution in [2.75, 3.05) is 13.2 Å². The summed E-state index contributed by atoms with van der Waals surface area (Å²) in [6, 6.07) is 1.44. The second-order valence-corrected chi connectivity index (χ2v) is 6.48. The molecule has 6 nitrogen and oxygen atoms in total. The van der Waals surface area contributed by atoms with E-state index in [4.69, 9.17) is 9.84 Å². The number of ether oxygens (including phenoxy) is 1. The quantitative estimate of drug-likeness (QED) is 0.739. The molecule has 2 rings (SSSR count). The monoisotopic (exact) mass is 274 g/mol. The van der Waals surface area contributed by atoms with Gasteiger partial charge in [0, 0.05) is 30.6 Å². The predicted octanol–water partition coefficient (Wildman–Crippen LogP) is 0.354. The van der Waals surface area contributed by atoms with Gasteiger partial charge in [-0.2, -0.15) is 0 Å². The van der Waals surface area contributed by atoms with Gasteiger partial charge in [-0.1, -0.05) is 0 Å². The van der Waals surface area contributed by atoms with Gasteiger partial charge in [0.25, 0.3) is 0 Å². The zero-order valence-corrected chi connectivity index (χ0v) is 11.1. The first kappa shape index (κ1) is 13.5. The Labute approximate surface area is 106 Å². The van der Waals surface area contributed by atoms with Gasteiger partial charge in [0.05, 0.1) is 11.5 Å². The summed E-state index contributed by atoms with van der Waals surface area (Å²) < 4.78 is 32.3. The summed E-state index contributed by atoms with van der Waals surface area (Å²) in [6.07, 6.45) is 2.70. The Kier molecular flexibility index (Phi) is 3.76. The number of hydrogen-bond donors (Lipinski definition) is 3. The molecule has 102 valence electrons. The lowest BCUT2D eigenvalue weighted by Crippen LogP contribution is -2.49. The number of rotatable bonds is 4. The van der Waals surface area contributed by atoms with Crippen molar-refractivity contribution >= 4 is 10.0 Å². The third-order valence-corrected chi connectivity index (χ3v) is 4.79. The summed E-state index contributed by atoms with van der Waals surface area (Å²) in [5.41, 5.74) is 0.0146. The van der Waals surface area contributed by atoms with Crippen molar-refractivity contribution in [2.24, 2.45) is 0 Å². The molecule has 0 aliphatic carbocycles. The lowest BCUT2D eigenvalue weighted by molar-refractivity contribution is 0.0537. The normalized spacial score (nSPS) is 19.9. The summed E-state index contributed by atoms with van der Waals surface area (Å²) in [5, 5.41) is 8.93. The van der Waals surface area contributed by atoms with Crippen LogP contribution in [0.25, 0.3) is 0 Å². The number of aromatic amines is 1. The molecule has 7 heteroatoms. The molecule has 18 heavy (non-hydrogen) atoms. The van der Waals surface area contributed by atoms with Crippen molar-refractivity contribution in [3.63, 3.8) is 0 Å². The summed E-state index contributed by atoms with van der Waals surface area (Å²) >= 11 is 0. The Morgan fingerprint density at radius 3 is 2.72 bits per heavy atom. The number of aromatic nitrogens is 1. The number of H-pyrrole nitrogens is 1. The molecule has 1 aromatic heterocycles. The molecule has 0 atom stereocenters. The fourth-order valence-electron chi connectivity index (χ4n) is 1.97. The first-order valence-electron chi connectivity index (χ1n) is 5.85. The van der Waals surface area contributed by atoms with E-state index < -0.39 is 15.6 Å². The molecule has 0 saturated carbocycles. The third-order valence-electron chi connectivity index (χ3n) is 3.17. The first-order chi connectivity index (χ1) is 8.45. The standard InChI is InChI=1S/C11H18N2O4S/c1-11(2-4-17-5-3-11)13-18(15,16)10-6-9(8-14)12-7-10/h6-7,12-14H,2-5,8H2,1H3. The van der Waals surface area contributed by atoms with Crippen LogP contribution in [-0.2, 0) is 21.4 Å². The van der Waals surface area contributed by atoms with Crippen molar-refractivity contribution in [3.05, 3.63) is 18.0 Å². The number of sulfonamides is 1. The average Bonchev–Trinajstić information content (AvgIpc) is 2.77. The molecule has 0 unspecified atom stereocenters. The molecular formula is C11H18N2O4S. The maximum Gasteiger partial charge on any atom is 0.242 e. The highest BCUT2D eigenvalue weighted by atomic mass is 32.2. The molecule has 2 heterocycles. The molecule has 1 aromatic rings. The number of nitrogens with one attached hydrogen (secondary N) is 2. The van der Waals surface area contributed by atoms with E-state index in [0.29, 0.717) is 31.7 Å². The summed E-state index contributed by atoms with van der Waals surface area (Å²) in [5.74, 6) is 0. The molecule has 0 amide bonds. The largest absolute Gasteiger partial charge is 0.390 e. The fourth-order valence-corrected chi connectivity index (χ4v) is 3.45. The van der Waals surface area contributed by atoms with Crippen molar-refractivity contribution in [1.82, 2.24) is 9.71 Å². The summed E-state index contributed by atoms with van der Waals surface area (Å²) in [7, 11) is -3.56. The van der Waals surface area contributed by atoms with Crippen LogP contribution >= 0.6 is 0 Å². The lowest BCUT2D eigenvalue weighted by atomic mass is 9.94. The number of hydrogen-bond acceptors (Lipinski definition) is 4. The van der Waals surface area contributed by atoms with Crippen LogP contribution in [0.3, 0.4) is 0 Å². The Morgan fingerprint density at radius 1 is 1.50 bits per heavy atom. The summed E-state index contributed by atoms with van der Waals surface area (Å²) in [4.78, 5) is 2.87. The second-order valence-electron chi connectivity index (χ2n) is 4.80. The van der Waals surface area contributed by atoms with E-state index in [0.717, 1.165) is 0 Å². The highest BCUT2D eigenvalue weighted by Crippen LogP contribution is 2.23. The van der Waals surface area contributed by atoms with Crippen LogP contribution in [0.2, 0.25) is 0 Å². The molecule has 3 N–H and O–H groups in total. The number of aliphatic hydroxyl groups is 1. The van der Waals surface area contributed by atoms with Crippen LogP contribution in [0.4, 0.5) is 0 Å². The van der Waals surface area contributed by atoms with Crippen molar-refractivity contribution < 1.29 is 18.3 Å². The SMILES string of the molecule is CC1(NS(=O)(=O)c2c[nH]c(CO)c2)CCOCC1. The molecule has 0 spiro atoms. The Bertz CT molecular complexity index is 503. The predicted molar refractivity (Wildman–Crippen MR) is 65.5 cm³/mol. The van der Waals surface area contributed by atoms with Gasteiger partial charge in [0.15, 0.2) is 0 Å². The summed E-state index contributed by atoms with van der Waals surface area (Å²) in [6.45, 7) is 2.80. The van der Waals surface area contributed by atoms with Gasteiger partial charge in [-0.25, -0.2) is 13.1 Å². The van der Waals surface area contributed by atoms with E-state index in [9.17, 15) is 8.42 Å². The molecular weight excluding hydrogens is 256 g/mol. The fraction of sp³-hybridized carbons (Fsp3) is 0.636. The van der Waals surface area contributed by atoms with Gasteiger partial charge in [-0.15, -0.1) is 0 Å². The van der Waals surface area contributed by atoms with Crippen LogP contribution < -0.4 is 4.72 Å². The van der Waals surface area contributed by atoms with Gasteiger partial charge in [0.1, 0.15) is 0 Å². The topological polar surface area (TPSA) is 91.4 Å². The van der Waals surface area contributed by atoms with E-state index in [1.165, 1.54) is 12.3 Å². The van der Waals surface area contributed by atoms with Crippen molar-refractivity contribution in [1.29, 1.82) is 0 Å².